The van der Waals surface area contributed by atoms with E-state index in [0.717, 1.165) is 37.2 Å². The Morgan fingerprint density at radius 1 is 1.26 bits per heavy atom. The van der Waals surface area contributed by atoms with Crippen molar-refractivity contribution in [3.8, 4) is 5.75 Å². The fourth-order valence-electron chi connectivity index (χ4n) is 3.52. The summed E-state index contributed by atoms with van der Waals surface area (Å²) in [5.41, 5.74) is 0.864. The Balaban J connectivity index is 2.03. The lowest BCUT2D eigenvalue weighted by Crippen LogP contribution is -2.52. The van der Waals surface area contributed by atoms with Crippen LogP contribution in [0.5, 0.6) is 5.75 Å². The Labute approximate surface area is 161 Å². The SMILES string of the molecule is COCC1(CNC(=O)C(Cc2cccc(OC)c2)NC(C)=O)CCNCC1. The van der Waals surface area contributed by atoms with Crippen LogP contribution in [0.1, 0.15) is 25.3 Å². The van der Waals surface area contributed by atoms with Crippen LogP contribution in [0.2, 0.25) is 0 Å². The number of ether oxygens (including phenoxy) is 2. The Hall–Kier alpha value is -2.12. The minimum atomic E-state index is -0.629. The quantitative estimate of drug-likeness (QED) is 0.594. The molecule has 0 spiro atoms. The maximum atomic E-state index is 12.8. The van der Waals surface area contributed by atoms with Crippen LogP contribution in [0, 0.1) is 5.41 Å². The minimum absolute atomic E-state index is 0.0631. The first-order chi connectivity index (χ1) is 13.0. The van der Waals surface area contributed by atoms with Crippen molar-refractivity contribution in [2.75, 3.05) is 40.5 Å². The highest BCUT2D eigenvalue weighted by Gasteiger charge is 2.33. The van der Waals surface area contributed by atoms with Gasteiger partial charge in [-0.2, -0.15) is 0 Å². The number of carbonyl (C=O) groups is 2. The van der Waals surface area contributed by atoms with Gasteiger partial charge in [0.25, 0.3) is 0 Å². The molecular formula is C20H31N3O4. The second-order valence-electron chi connectivity index (χ2n) is 7.21. The molecule has 1 atom stereocenters. The molecule has 7 heteroatoms. The maximum absolute atomic E-state index is 12.8. The minimum Gasteiger partial charge on any atom is -0.497 e. The van der Waals surface area contributed by atoms with Crippen LogP contribution in [0.3, 0.4) is 0 Å². The summed E-state index contributed by atoms with van der Waals surface area (Å²) in [4.78, 5) is 24.4. The van der Waals surface area contributed by atoms with Gasteiger partial charge in [-0.15, -0.1) is 0 Å². The molecular weight excluding hydrogens is 346 g/mol. The van der Waals surface area contributed by atoms with E-state index in [0.29, 0.717) is 19.6 Å². The monoisotopic (exact) mass is 377 g/mol. The molecule has 0 bridgehead atoms. The van der Waals surface area contributed by atoms with Gasteiger partial charge in [-0.1, -0.05) is 12.1 Å². The van der Waals surface area contributed by atoms with Gasteiger partial charge in [-0.3, -0.25) is 9.59 Å². The largest absolute Gasteiger partial charge is 0.497 e. The summed E-state index contributed by atoms with van der Waals surface area (Å²) in [5.74, 6) is 0.316. The van der Waals surface area contributed by atoms with Crippen molar-refractivity contribution in [1.29, 1.82) is 0 Å². The molecule has 2 amide bonds. The van der Waals surface area contributed by atoms with Crippen LogP contribution < -0.4 is 20.7 Å². The molecule has 1 unspecified atom stereocenters. The lowest BCUT2D eigenvalue weighted by atomic mass is 9.79. The number of methoxy groups -OCH3 is 2. The molecule has 1 saturated heterocycles. The van der Waals surface area contributed by atoms with E-state index in [1.165, 1.54) is 6.92 Å². The van der Waals surface area contributed by atoms with Crippen LogP contribution in [0.25, 0.3) is 0 Å². The summed E-state index contributed by atoms with van der Waals surface area (Å²) in [6, 6.07) is 6.89. The zero-order valence-electron chi connectivity index (χ0n) is 16.5. The fourth-order valence-corrected chi connectivity index (χ4v) is 3.52. The van der Waals surface area contributed by atoms with Gasteiger partial charge in [0.1, 0.15) is 11.8 Å². The molecule has 0 saturated carbocycles. The van der Waals surface area contributed by atoms with E-state index in [9.17, 15) is 9.59 Å². The first kappa shape index (κ1) is 21.2. The van der Waals surface area contributed by atoms with Crippen molar-refractivity contribution < 1.29 is 19.1 Å². The van der Waals surface area contributed by atoms with E-state index in [1.54, 1.807) is 14.2 Å². The molecule has 150 valence electrons. The van der Waals surface area contributed by atoms with E-state index in [1.807, 2.05) is 24.3 Å². The summed E-state index contributed by atoms with van der Waals surface area (Å²) < 4.78 is 10.6. The average Bonchev–Trinajstić information content (AvgIpc) is 2.66. The second-order valence-corrected chi connectivity index (χ2v) is 7.21. The number of hydrogen-bond donors (Lipinski definition) is 3. The predicted octanol–water partition coefficient (Wildman–Crippen LogP) is 0.875. The van der Waals surface area contributed by atoms with Gasteiger partial charge < -0.3 is 25.4 Å². The molecule has 2 rings (SSSR count). The number of piperidine rings is 1. The third kappa shape index (κ3) is 6.52. The van der Waals surface area contributed by atoms with Crippen molar-refractivity contribution >= 4 is 11.8 Å². The smallest absolute Gasteiger partial charge is 0.242 e. The van der Waals surface area contributed by atoms with Gasteiger partial charge in [0, 0.05) is 32.4 Å². The molecule has 1 aromatic rings. The molecule has 0 aromatic heterocycles. The van der Waals surface area contributed by atoms with Crippen molar-refractivity contribution in [2.45, 2.75) is 32.2 Å². The molecule has 1 fully saturated rings. The zero-order valence-corrected chi connectivity index (χ0v) is 16.5. The molecule has 1 heterocycles. The van der Waals surface area contributed by atoms with E-state index >= 15 is 0 Å². The Kier molecular flexibility index (Phi) is 8.06. The first-order valence-electron chi connectivity index (χ1n) is 9.35. The van der Waals surface area contributed by atoms with Gasteiger partial charge in [0.2, 0.25) is 11.8 Å². The number of benzene rings is 1. The summed E-state index contributed by atoms with van der Waals surface area (Å²) >= 11 is 0. The lowest BCUT2D eigenvalue weighted by Gasteiger charge is -2.37. The van der Waals surface area contributed by atoms with Gasteiger partial charge in [0.15, 0.2) is 0 Å². The normalized spacial score (nSPS) is 17.0. The molecule has 1 aliphatic heterocycles. The van der Waals surface area contributed by atoms with E-state index in [-0.39, 0.29) is 17.2 Å². The number of carbonyl (C=O) groups excluding carboxylic acids is 2. The van der Waals surface area contributed by atoms with Crippen LogP contribution in [-0.2, 0) is 20.7 Å². The van der Waals surface area contributed by atoms with Crippen molar-refractivity contribution in [1.82, 2.24) is 16.0 Å². The number of nitrogens with one attached hydrogen (secondary N) is 3. The highest BCUT2D eigenvalue weighted by Crippen LogP contribution is 2.28. The summed E-state index contributed by atoms with van der Waals surface area (Å²) in [6.45, 7) is 4.40. The summed E-state index contributed by atoms with van der Waals surface area (Å²) in [6.07, 6.45) is 2.30. The van der Waals surface area contributed by atoms with Gasteiger partial charge in [-0.25, -0.2) is 0 Å². The third-order valence-corrected chi connectivity index (χ3v) is 5.02. The summed E-state index contributed by atoms with van der Waals surface area (Å²) in [7, 11) is 3.29. The van der Waals surface area contributed by atoms with Crippen molar-refractivity contribution in [3.05, 3.63) is 29.8 Å². The van der Waals surface area contributed by atoms with Crippen LogP contribution in [0.15, 0.2) is 24.3 Å². The molecule has 3 N–H and O–H groups in total. The number of amides is 2. The van der Waals surface area contributed by atoms with Crippen molar-refractivity contribution in [3.63, 3.8) is 0 Å². The average molecular weight is 377 g/mol. The highest BCUT2D eigenvalue weighted by atomic mass is 16.5. The molecule has 0 radical (unpaired) electrons. The van der Waals surface area contributed by atoms with E-state index in [2.05, 4.69) is 16.0 Å². The lowest BCUT2D eigenvalue weighted by molar-refractivity contribution is -0.128. The van der Waals surface area contributed by atoms with Gasteiger partial charge >= 0.3 is 0 Å². The third-order valence-electron chi connectivity index (χ3n) is 5.02. The van der Waals surface area contributed by atoms with Crippen LogP contribution >= 0.6 is 0 Å². The van der Waals surface area contributed by atoms with Crippen LogP contribution in [-0.4, -0.2) is 58.3 Å². The van der Waals surface area contributed by atoms with E-state index < -0.39 is 6.04 Å². The summed E-state index contributed by atoms with van der Waals surface area (Å²) in [5, 5.41) is 9.14. The zero-order chi connectivity index (χ0) is 19.7. The Bertz CT molecular complexity index is 624. The van der Waals surface area contributed by atoms with Gasteiger partial charge in [-0.05, 0) is 43.6 Å². The van der Waals surface area contributed by atoms with Gasteiger partial charge in [0.05, 0.1) is 13.7 Å². The Morgan fingerprint density at radius 2 is 2.00 bits per heavy atom. The topological polar surface area (TPSA) is 88.7 Å². The predicted molar refractivity (Wildman–Crippen MR) is 104 cm³/mol. The molecule has 1 aromatic carbocycles. The molecule has 1 aliphatic rings. The number of hydrogen-bond acceptors (Lipinski definition) is 5. The first-order valence-corrected chi connectivity index (χ1v) is 9.35. The number of rotatable bonds is 9. The van der Waals surface area contributed by atoms with Crippen LogP contribution in [0.4, 0.5) is 0 Å². The Morgan fingerprint density at radius 3 is 2.63 bits per heavy atom. The van der Waals surface area contributed by atoms with Crippen molar-refractivity contribution in [2.24, 2.45) is 5.41 Å². The maximum Gasteiger partial charge on any atom is 0.242 e. The standard InChI is InChI=1S/C20H31N3O4/c1-15(24)23-18(12-16-5-4-6-17(11-16)27-3)19(25)22-13-20(14-26-2)7-9-21-10-8-20/h4-6,11,18,21H,7-10,12-14H2,1-3H3,(H,22,25)(H,23,24). The molecule has 0 aliphatic carbocycles. The van der Waals surface area contributed by atoms with E-state index in [4.69, 9.17) is 9.47 Å². The molecule has 7 nitrogen and oxygen atoms in total. The fraction of sp³-hybridized carbons (Fsp3) is 0.600. The highest BCUT2D eigenvalue weighted by molar-refractivity contribution is 5.87. The molecule has 27 heavy (non-hydrogen) atoms. The second kappa shape index (κ2) is 10.3.